The third-order valence-electron chi connectivity index (χ3n) is 2.38. The number of hydrogen-bond donors (Lipinski definition) is 1. The van der Waals surface area contributed by atoms with E-state index in [-0.39, 0.29) is 5.69 Å². The Morgan fingerprint density at radius 2 is 1.74 bits per heavy atom. The van der Waals surface area contributed by atoms with Crippen molar-refractivity contribution in [3.8, 4) is 6.07 Å². The Hall–Kier alpha value is -2.55. The molecule has 1 heterocycles. The molecule has 6 heteroatoms. The third kappa shape index (κ3) is 3.22. The zero-order valence-corrected chi connectivity index (χ0v) is 9.57. The summed E-state index contributed by atoms with van der Waals surface area (Å²) in [5, 5.41) is 11.6. The van der Waals surface area contributed by atoms with Gasteiger partial charge in [-0.3, -0.25) is 0 Å². The van der Waals surface area contributed by atoms with Gasteiger partial charge in [0.1, 0.15) is 11.8 Å². The lowest BCUT2D eigenvalue weighted by Crippen LogP contribution is -2.04. The van der Waals surface area contributed by atoms with Gasteiger partial charge in [0.25, 0.3) is 0 Å². The van der Waals surface area contributed by atoms with E-state index >= 15 is 0 Å². The molecule has 2 aromatic rings. The number of halogens is 3. The molecule has 0 atom stereocenters. The average Bonchev–Trinajstić information content (AvgIpc) is 2.38. The predicted octanol–water partition coefficient (Wildman–Crippen LogP) is 3.72. The number of alkyl halides is 3. The quantitative estimate of drug-likeness (QED) is 0.898. The van der Waals surface area contributed by atoms with Crippen molar-refractivity contribution in [2.24, 2.45) is 0 Å². The molecule has 0 aliphatic rings. The van der Waals surface area contributed by atoms with Gasteiger partial charge in [-0.15, -0.1) is 0 Å². The van der Waals surface area contributed by atoms with Gasteiger partial charge >= 0.3 is 6.18 Å². The molecular formula is C13H8F3N3. The molecule has 0 fully saturated rings. The van der Waals surface area contributed by atoms with Gasteiger partial charge in [0.05, 0.1) is 5.56 Å². The first-order valence-corrected chi connectivity index (χ1v) is 5.29. The van der Waals surface area contributed by atoms with Crippen molar-refractivity contribution in [3.63, 3.8) is 0 Å². The van der Waals surface area contributed by atoms with Crippen molar-refractivity contribution in [2.45, 2.75) is 6.18 Å². The highest BCUT2D eigenvalue weighted by atomic mass is 19.4. The van der Waals surface area contributed by atoms with Crippen LogP contribution in [0.2, 0.25) is 0 Å². The molecule has 1 aromatic carbocycles. The van der Waals surface area contributed by atoms with E-state index in [2.05, 4.69) is 10.3 Å². The largest absolute Gasteiger partial charge is 0.416 e. The maximum atomic E-state index is 12.4. The van der Waals surface area contributed by atoms with E-state index in [4.69, 9.17) is 5.26 Å². The van der Waals surface area contributed by atoms with E-state index in [9.17, 15) is 13.2 Å². The summed E-state index contributed by atoms with van der Waals surface area (Å²) in [7, 11) is 0. The maximum absolute atomic E-state index is 12.4. The second-order valence-electron chi connectivity index (χ2n) is 3.74. The zero-order chi connectivity index (χ0) is 13.9. The summed E-state index contributed by atoms with van der Waals surface area (Å²) >= 11 is 0. The molecule has 0 aliphatic carbocycles. The molecule has 96 valence electrons. The van der Waals surface area contributed by atoms with Crippen LogP contribution >= 0.6 is 0 Å². The maximum Gasteiger partial charge on any atom is 0.416 e. The van der Waals surface area contributed by atoms with Crippen molar-refractivity contribution in [2.75, 3.05) is 5.32 Å². The molecular weight excluding hydrogens is 255 g/mol. The molecule has 0 radical (unpaired) electrons. The summed E-state index contributed by atoms with van der Waals surface area (Å²) in [5.41, 5.74) is 0.622. The molecule has 1 N–H and O–H groups in total. The first-order chi connectivity index (χ1) is 8.99. The molecule has 0 saturated heterocycles. The summed E-state index contributed by atoms with van der Waals surface area (Å²) < 4.78 is 37.1. The molecule has 0 amide bonds. The number of nitriles is 1. The number of pyridine rings is 1. The Labute approximate surface area is 107 Å². The summed E-state index contributed by atoms with van der Waals surface area (Å²) in [4.78, 5) is 3.80. The van der Waals surface area contributed by atoms with Crippen LogP contribution in [0.1, 0.15) is 11.3 Å². The topological polar surface area (TPSA) is 48.7 Å². The van der Waals surface area contributed by atoms with Crippen LogP contribution in [0.3, 0.4) is 0 Å². The van der Waals surface area contributed by atoms with Gasteiger partial charge in [-0.1, -0.05) is 0 Å². The number of hydrogen-bond acceptors (Lipinski definition) is 3. The first kappa shape index (κ1) is 12.9. The number of nitrogens with one attached hydrogen (secondary N) is 1. The lowest BCUT2D eigenvalue weighted by Gasteiger charge is -2.09. The minimum absolute atomic E-state index is 0.233. The number of rotatable bonds is 2. The van der Waals surface area contributed by atoms with E-state index < -0.39 is 11.7 Å². The highest BCUT2D eigenvalue weighted by Gasteiger charge is 2.29. The van der Waals surface area contributed by atoms with E-state index in [0.717, 1.165) is 12.1 Å². The Kier molecular flexibility index (Phi) is 3.38. The molecule has 0 spiro atoms. The van der Waals surface area contributed by atoms with Gasteiger partial charge in [0.2, 0.25) is 0 Å². The van der Waals surface area contributed by atoms with Gasteiger partial charge in [0.15, 0.2) is 0 Å². The van der Waals surface area contributed by atoms with Crippen LogP contribution in [0, 0.1) is 11.3 Å². The van der Waals surface area contributed by atoms with Crippen LogP contribution in [-0.2, 0) is 6.18 Å². The van der Waals surface area contributed by atoms with Crippen molar-refractivity contribution in [3.05, 3.63) is 53.9 Å². The minimum atomic E-state index is -4.34. The van der Waals surface area contributed by atoms with Gasteiger partial charge < -0.3 is 5.32 Å². The lowest BCUT2D eigenvalue weighted by atomic mass is 10.2. The van der Waals surface area contributed by atoms with Crippen LogP contribution < -0.4 is 5.32 Å². The Balaban J connectivity index is 2.18. The summed E-state index contributed by atoms with van der Waals surface area (Å²) in [5.74, 6) is 0. The second kappa shape index (κ2) is 4.98. The molecule has 0 bridgehead atoms. The number of aromatic nitrogens is 1. The number of nitrogens with zero attached hydrogens (tertiary/aromatic N) is 2. The average molecular weight is 263 g/mol. The first-order valence-electron chi connectivity index (χ1n) is 5.29. The Bertz CT molecular complexity index is 612. The SMILES string of the molecule is N#Cc1cc(Nc2ccc(C(F)(F)F)cc2)ccn1. The van der Waals surface area contributed by atoms with Crippen molar-refractivity contribution in [1.82, 2.24) is 4.98 Å². The van der Waals surface area contributed by atoms with Gasteiger partial charge in [-0.2, -0.15) is 18.4 Å². The van der Waals surface area contributed by atoms with Crippen LogP contribution in [0.4, 0.5) is 24.5 Å². The van der Waals surface area contributed by atoms with Crippen LogP contribution in [0.5, 0.6) is 0 Å². The van der Waals surface area contributed by atoms with Crippen molar-refractivity contribution < 1.29 is 13.2 Å². The molecule has 0 saturated carbocycles. The minimum Gasteiger partial charge on any atom is -0.355 e. The van der Waals surface area contributed by atoms with Crippen molar-refractivity contribution >= 4 is 11.4 Å². The second-order valence-corrected chi connectivity index (χ2v) is 3.74. The third-order valence-corrected chi connectivity index (χ3v) is 2.38. The van der Waals surface area contributed by atoms with E-state index in [1.54, 1.807) is 6.07 Å². The van der Waals surface area contributed by atoms with Crippen LogP contribution in [0.25, 0.3) is 0 Å². The van der Waals surface area contributed by atoms with Gasteiger partial charge in [-0.05, 0) is 36.4 Å². The molecule has 0 unspecified atom stereocenters. The van der Waals surface area contributed by atoms with Gasteiger partial charge in [0, 0.05) is 17.6 Å². The standard InChI is InChI=1S/C13H8F3N3/c14-13(15,16)9-1-3-10(4-2-9)19-11-5-6-18-12(7-11)8-17/h1-7H,(H,18,19). The highest BCUT2D eigenvalue weighted by molar-refractivity contribution is 5.60. The molecule has 0 aliphatic heterocycles. The Morgan fingerprint density at radius 1 is 1.05 bits per heavy atom. The summed E-state index contributed by atoms with van der Waals surface area (Å²) in [6.45, 7) is 0. The zero-order valence-electron chi connectivity index (χ0n) is 9.57. The number of anilines is 2. The normalized spacial score (nSPS) is 10.8. The summed E-state index contributed by atoms with van der Waals surface area (Å²) in [6.07, 6.45) is -2.89. The van der Waals surface area contributed by atoms with E-state index in [1.165, 1.54) is 24.4 Å². The smallest absolute Gasteiger partial charge is 0.355 e. The van der Waals surface area contributed by atoms with Crippen LogP contribution in [0.15, 0.2) is 42.6 Å². The fourth-order valence-electron chi connectivity index (χ4n) is 1.48. The molecule has 1 aromatic heterocycles. The predicted molar refractivity (Wildman–Crippen MR) is 63.7 cm³/mol. The van der Waals surface area contributed by atoms with E-state index in [0.29, 0.717) is 11.4 Å². The molecule has 3 nitrogen and oxygen atoms in total. The Morgan fingerprint density at radius 3 is 2.32 bits per heavy atom. The van der Waals surface area contributed by atoms with Gasteiger partial charge in [-0.25, -0.2) is 4.98 Å². The van der Waals surface area contributed by atoms with Crippen molar-refractivity contribution in [1.29, 1.82) is 5.26 Å². The van der Waals surface area contributed by atoms with Crippen LogP contribution in [-0.4, -0.2) is 4.98 Å². The fourth-order valence-corrected chi connectivity index (χ4v) is 1.48. The monoisotopic (exact) mass is 263 g/mol. The lowest BCUT2D eigenvalue weighted by molar-refractivity contribution is -0.137. The highest BCUT2D eigenvalue weighted by Crippen LogP contribution is 2.30. The molecule has 19 heavy (non-hydrogen) atoms. The van der Waals surface area contributed by atoms with E-state index in [1.807, 2.05) is 6.07 Å². The summed E-state index contributed by atoms with van der Waals surface area (Å²) in [6, 6.07) is 9.66. The fraction of sp³-hybridized carbons (Fsp3) is 0.0769. The number of benzene rings is 1. The molecule has 2 rings (SSSR count).